The average molecular weight is 472 g/mol. The molecule has 5 nitrogen and oxygen atoms in total. The van der Waals surface area contributed by atoms with E-state index in [1.807, 2.05) is 12.1 Å². The lowest BCUT2D eigenvalue weighted by Crippen LogP contribution is -2.11. The van der Waals surface area contributed by atoms with Gasteiger partial charge in [-0.25, -0.2) is 0 Å². The second-order valence-electron chi connectivity index (χ2n) is 5.66. The summed E-state index contributed by atoms with van der Waals surface area (Å²) in [5, 5.41) is 12.9. The Morgan fingerprint density at radius 3 is 2.44 bits per heavy atom. The number of carbonyl (C=O) groups is 1. The van der Waals surface area contributed by atoms with Crippen LogP contribution in [0.25, 0.3) is 0 Å². The number of aromatic hydroxyl groups is 1. The number of anilines is 1. The van der Waals surface area contributed by atoms with Crippen molar-refractivity contribution < 1.29 is 14.6 Å². The molecule has 0 radical (unpaired) electrons. The highest BCUT2D eigenvalue weighted by Crippen LogP contribution is 2.28. The second kappa shape index (κ2) is 8.68. The molecule has 136 valence electrons. The number of hydrogen-bond acceptors (Lipinski definition) is 4. The number of hydrogen-bond donors (Lipinski definition) is 2. The van der Waals surface area contributed by atoms with Crippen LogP contribution in [0.3, 0.4) is 0 Å². The van der Waals surface area contributed by atoms with Gasteiger partial charge >= 0.3 is 0 Å². The van der Waals surface area contributed by atoms with Crippen molar-refractivity contribution in [2.45, 2.75) is 0 Å². The van der Waals surface area contributed by atoms with Gasteiger partial charge in [0.05, 0.1) is 12.8 Å². The van der Waals surface area contributed by atoms with Crippen molar-refractivity contribution in [3.05, 3.63) is 81.4 Å². The molecule has 0 bridgehead atoms. The number of nitrogens with zero attached hydrogens (tertiary/aromatic N) is 1. The first-order valence-electron chi connectivity index (χ1n) is 8.14. The van der Waals surface area contributed by atoms with Crippen LogP contribution in [0.5, 0.6) is 11.5 Å². The normalized spacial score (nSPS) is 10.7. The Morgan fingerprint density at radius 1 is 1.07 bits per heavy atom. The van der Waals surface area contributed by atoms with E-state index >= 15 is 0 Å². The van der Waals surface area contributed by atoms with Crippen LogP contribution in [0.2, 0.25) is 0 Å². The lowest BCUT2D eigenvalue weighted by Gasteiger charge is -2.06. The summed E-state index contributed by atoms with van der Waals surface area (Å²) in [6, 6.07) is 19.7. The molecule has 0 aliphatic carbocycles. The van der Waals surface area contributed by atoms with Crippen LogP contribution in [-0.4, -0.2) is 24.3 Å². The van der Waals surface area contributed by atoms with Gasteiger partial charge in [0, 0.05) is 26.6 Å². The van der Waals surface area contributed by atoms with Gasteiger partial charge in [-0.1, -0.05) is 6.07 Å². The molecule has 0 unspecified atom stereocenters. The Balaban J connectivity index is 1.68. The van der Waals surface area contributed by atoms with Gasteiger partial charge in [-0.15, -0.1) is 0 Å². The number of ether oxygens (including phenoxy) is 1. The molecule has 1 amide bonds. The lowest BCUT2D eigenvalue weighted by molar-refractivity contribution is 0.102. The van der Waals surface area contributed by atoms with E-state index in [0.717, 1.165) is 3.57 Å². The molecule has 0 fully saturated rings. The number of phenols is 1. The third-order valence-electron chi connectivity index (χ3n) is 3.83. The number of halogens is 1. The second-order valence-corrected chi connectivity index (χ2v) is 6.91. The molecule has 0 heterocycles. The number of aliphatic imine (C=N–C) groups is 1. The highest BCUT2D eigenvalue weighted by Gasteiger charge is 2.06. The Bertz CT molecular complexity index is 968. The van der Waals surface area contributed by atoms with Crippen molar-refractivity contribution in [3.8, 4) is 11.5 Å². The molecule has 0 aliphatic rings. The summed E-state index contributed by atoms with van der Waals surface area (Å²) < 4.78 is 6.16. The number of benzene rings is 3. The van der Waals surface area contributed by atoms with E-state index in [0.29, 0.717) is 28.3 Å². The van der Waals surface area contributed by atoms with E-state index < -0.39 is 0 Å². The van der Waals surface area contributed by atoms with Gasteiger partial charge < -0.3 is 15.2 Å². The number of para-hydroxylation sites is 1. The van der Waals surface area contributed by atoms with Crippen LogP contribution in [-0.2, 0) is 0 Å². The topological polar surface area (TPSA) is 70.9 Å². The maximum Gasteiger partial charge on any atom is 0.255 e. The van der Waals surface area contributed by atoms with E-state index in [2.05, 4.69) is 32.9 Å². The minimum atomic E-state index is -0.163. The van der Waals surface area contributed by atoms with Gasteiger partial charge in [-0.3, -0.25) is 9.79 Å². The quantitative estimate of drug-likeness (QED) is 0.405. The standard InChI is InChI=1S/C21H17IN2O3/c1-27-19-4-2-3-15(20(19)25)13-23-17-9-11-18(12-10-17)24-21(26)14-5-7-16(22)8-6-14/h2-13,25H,1H3,(H,24,26). The molecule has 0 atom stereocenters. The number of amides is 1. The Morgan fingerprint density at radius 2 is 1.78 bits per heavy atom. The largest absolute Gasteiger partial charge is 0.504 e. The molecule has 0 saturated heterocycles. The summed E-state index contributed by atoms with van der Waals surface area (Å²) in [6.45, 7) is 0. The van der Waals surface area contributed by atoms with Crippen molar-refractivity contribution in [3.63, 3.8) is 0 Å². The van der Waals surface area contributed by atoms with Crippen molar-refractivity contribution in [2.75, 3.05) is 12.4 Å². The Hall–Kier alpha value is -2.87. The van der Waals surface area contributed by atoms with Gasteiger partial charge in [0.1, 0.15) is 0 Å². The minimum Gasteiger partial charge on any atom is -0.504 e. The van der Waals surface area contributed by atoms with E-state index in [1.165, 1.54) is 7.11 Å². The summed E-state index contributed by atoms with van der Waals surface area (Å²) in [5.41, 5.74) is 2.54. The fraction of sp³-hybridized carbons (Fsp3) is 0.0476. The van der Waals surface area contributed by atoms with Gasteiger partial charge in [-0.05, 0) is 83.3 Å². The van der Waals surface area contributed by atoms with Crippen LogP contribution in [0.1, 0.15) is 15.9 Å². The third kappa shape index (κ3) is 4.85. The first-order valence-corrected chi connectivity index (χ1v) is 9.22. The first kappa shape index (κ1) is 18.9. The lowest BCUT2D eigenvalue weighted by atomic mass is 10.2. The average Bonchev–Trinajstić information content (AvgIpc) is 2.69. The number of phenolic OH excluding ortho intramolecular Hbond substituents is 1. The van der Waals surface area contributed by atoms with Gasteiger partial charge in [0.15, 0.2) is 11.5 Å². The molecule has 0 spiro atoms. The van der Waals surface area contributed by atoms with E-state index in [1.54, 1.807) is 60.8 Å². The molecule has 3 aromatic carbocycles. The van der Waals surface area contributed by atoms with Crippen molar-refractivity contribution in [1.29, 1.82) is 0 Å². The molecular weight excluding hydrogens is 455 g/mol. The number of rotatable bonds is 5. The summed E-state index contributed by atoms with van der Waals surface area (Å²) in [5.74, 6) is 0.279. The van der Waals surface area contributed by atoms with E-state index in [-0.39, 0.29) is 11.7 Å². The summed E-state index contributed by atoms with van der Waals surface area (Å²) in [7, 11) is 1.50. The van der Waals surface area contributed by atoms with Crippen molar-refractivity contribution in [2.24, 2.45) is 4.99 Å². The SMILES string of the molecule is COc1cccc(C=Nc2ccc(NC(=O)c3ccc(I)cc3)cc2)c1O. The predicted molar refractivity (Wildman–Crippen MR) is 115 cm³/mol. The molecule has 6 heteroatoms. The highest BCUT2D eigenvalue weighted by molar-refractivity contribution is 14.1. The molecule has 3 aromatic rings. The molecule has 27 heavy (non-hydrogen) atoms. The summed E-state index contributed by atoms with van der Waals surface area (Å²) in [6.07, 6.45) is 1.57. The third-order valence-corrected chi connectivity index (χ3v) is 4.55. The predicted octanol–water partition coefficient (Wildman–Crippen LogP) is 5.01. The maximum atomic E-state index is 12.2. The zero-order chi connectivity index (χ0) is 19.2. The molecule has 0 aromatic heterocycles. The van der Waals surface area contributed by atoms with Crippen LogP contribution in [0, 0.1) is 3.57 Å². The van der Waals surface area contributed by atoms with Crippen LogP contribution in [0.4, 0.5) is 11.4 Å². The van der Waals surface area contributed by atoms with Crippen LogP contribution in [0.15, 0.2) is 71.7 Å². The van der Waals surface area contributed by atoms with E-state index in [4.69, 9.17) is 4.74 Å². The van der Waals surface area contributed by atoms with Crippen LogP contribution >= 0.6 is 22.6 Å². The summed E-state index contributed by atoms with van der Waals surface area (Å²) in [4.78, 5) is 16.6. The zero-order valence-electron chi connectivity index (χ0n) is 14.5. The molecule has 2 N–H and O–H groups in total. The number of methoxy groups -OCH3 is 1. The van der Waals surface area contributed by atoms with Crippen LogP contribution < -0.4 is 10.1 Å². The zero-order valence-corrected chi connectivity index (χ0v) is 16.7. The number of carbonyl (C=O) groups excluding carboxylic acids is 1. The monoisotopic (exact) mass is 472 g/mol. The van der Waals surface area contributed by atoms with Crippen molar-refractivity contribution >= 4 is 46.1 Å². The van der Waals surface area contributed by atoms with Gasteiger partial charge in [0.25, 0.3) is 5.91 Å². The fourth-order valence-corrected chi connectivity index (χ4v) is 2.75. The Kier molecular flexibility index (Phi) is 6.08. The minimum absolute atomic E-state index is 0.0464. The van der Waals surface area contributed by atoms with Gasteiger partial charge in [0.2, 0.25) is 0 Å². The smallest absolute Gasteiger partial charge is 0.255 e. The molecule has 0 saturated carbocycles. The van der Waals surface area contributed by atoms with E-state index in [9.17, 15) is 9.90 Å². The molecule has 3 rings (SSSR count). The Labute approximate surface area is 170 Å². The fourth-order valence-electron chi connectivity index (χ4n) is 2.39. The molecular formula is C21H17IN2O3. The van der Waals surface area contributed by atoms with Crippen molar-refractivity contribution in [1.82, 2.24) is 0 Å². The number of nitrogens with one attached hydrogen (secondary N) is 1. The van der Waals surface area contributed by atoms with Gasteiger partial charge in [-0.2, -0.15) is 0 Å². The highest BCUT2D eigenvalue weighted by atomic mass is 127. The summed E-state index contributed by atoms with van der Waals surface area (Å²) >= 11 is 2.20. The first-order chi connectivity index (χ1) is 13.1. The maximum absolute atomic E-state index is 12.2. The molecule has 0 aliphatic heterocycles.